The number of amides is 1. The molecule has 2 atom stereocenters. The average molecular weight is 394 g/mol. The lowest BCUT2D eigenvalue weighted by atomic mass is 9.79. The largest absolute Gasteiger partial charge is 0.345 e. The van der Waals surface area contributed by atoms with Crippen LogP contribution in [0.25, 0.3) is 0 Å². The van der Waals surface area contributed by atoms with Gasteiger partial charge in [0.1, 0.15) is 0 Å². The molecule has 4 heterocycles. The van der Waals surface area contributed by atoms with Gasteiger partial charge in [-0.05, 0) is 50.9 Å². The fourth-order valence-electron chi connectivity index (χ4n) is 3.81. The third-order valence-corrected chi connectivity index (χ3v) is 7.82. The molecule has 0 saturated carbocycles. The third kappa shape index (κ3) is 3.58. The number of carbonyl (C=O) groups is 1. The maximum atomic E-state index is 12.7. The molecule has 5 rings (SSSR count). The van der Waals surface area contributed by atoms with Crippen LogP contribution in [-0.4, -0.2) is 41.0 Å². The summed E-state index contributed by atoms with van der Waals surface area (Å²) in [6, 6.07) is 8.35. The summed E-state index contributed by atoms with van der Waals surface area (Å²) in [7, 11) is 0. The second-order valence-corrected chi connectivity index (χ2v) is 9.41. The van der Waals surface area contributed by atoms with Crippen LogP contribution in [0.4, 0.5) is 0 Å². The van der Waals surface area contributed by atoms with Crippen LogP contribution in [0.2, 0.25) is 5.02 Å². The first-order chi connectivity index (χ1) is 12.1. The van der Waals surface area contributed by atoms with Crippen molar-refractivity contribution in [2.75, 3.05) is 13.1 Å². The molecule has 2 bridgehead atoms. The highest BCUT2D eigenvalue weighted by atomic mass is 35.5. The number of hydrogen-bond acceptors (Lipinski definition) is 5. The van der Waals surface area contributed by atoms with Crippen LogP contribution in [-0.2, 0) is 0 Å². The van der Waals surface area contributed by atoms with E-state index in [9.17, 15) is 4.79 Å². The molecule has 132 valence electrons. The zero-order valence-corrected chi connectivity index (χ0v) is 16.3. The number of rotatable bonds is 4. The normalized spacial score (nSPS) is 28.1. The van der Waals surface area contributed by atoms with Crippen LogP contribution < -0.4 is 5.32 Å². The fraction of sp³-hybridized carbons (Fsp3) is 0.444. The van der Waals surface area contributed by atoms with Crippen LogP contribution in [0.15, 0.2) is 39.6 Å². The molecule has 7 heteroatoms. The van der Waals surface area contributed by atoms with E-state index in [1.54, 1.807) is 18.0 Å². The minimum Gasteiger partial charge on any atom is -0.345 e. The van der Waals surface area contributed by atoms with Gasteiger partial charge in [-0.3, -0.25) is 9.69 Å². The quantitative estimate of drug-likeness (QED) is 0.847. The first-order valence-corrected chi connectivity index (χ1v) is 10.6. The molecule has 2 aromatic rings. The average Bonchev–Trinajstić information content (AvgIpc) is 3.09. The van der Waals surface area contributed by atoms with Gasteiger partial charge in [-0.1, -0.05) is 35.5 Å². The Morgan fingerprint density at radius 3 is 2.84 bits per heavy atom. The van der Waals surface area contributed by atoms with E-state index in [4.69, 9.17) is 11.6 Å². The highest BCUT2D eigenvalue weighted by Crippen LogP contribution is 2.36. The number of piperidine rings is 3. The molecular weight excluding hydrogens is 374 g/mol. The highest BCUT2D eigenvalue weighted by molar-refractivity contribution is 8.01. The van der Waals surface area contributed by atoms with Gasteiger partial charge < -0.3 is 5.32 Å². The Hall–Kier alpha value is -1.08. The van der Waals surface area contributed by atoms with Crippen LogP contribution >= 0.6 is 34.7 Å². The van der Waals surface area contributed by atoms with Gasteiger partial charge in [0.2, 0.25) is 0 Å². The predicted molar refractivity (Wildman–Crippen MR) is 103 cm³/mol. The van der Waals surface area contributed by atoms with Gasteiger partial charge in [0.05, 0.1) is 15.4 Å². The number of aromatic nitrogens is 1. The van der Waals surface area contributed by atoms with E-state index in [1.165, 1.54) is 24.2 Å². The van der Waals surface area contributed by atoms with Crippen LogP contribution in [0, 0.1) is 5.92 Å². The van der Waals surface area contributed by atoms with E-state index in [0.29, 0.717) is 22.0 Å². The Morgan fingerprint density at radius 2 is 2.12 bits per heavy atom. The Morgan fingerprint density at radius 1 is 1.36 bits per heavy atom. The zero-order chi connectivity index (χ0) is 17.4. The highest BCUT2D eigenvalue weighted by Gasteiger charge is 2.40. The van der Waals surface area contributed by atoms with E-state index >= 15 is 0 Å². The summed E-state index contributed by atoms with van der Waals surface area (Å²) in [6.07, 6.45) is 4.12. The van der Waals surface area contributed by atoms with Crippen molar-refractivity contribution >= 4 is 40.6 Å². The van der Waals surface area contributed by atoms with Gasteiger partial charge in [-0.2, -0.15) is 0 Å². The van der Waals surface area contributed by atoms with Crippen LogP contribution in [0.1, 0.15) is 29.6 Å². The molecule has 25 heavy (non-hydrogen) atoms. The maximum Gasteiger partial charge on any atom is 0.280 e. The Kier molecular flexibility index (Phi) is 5.04. The number of fused-ring (bicyclic) bond motifs is 3. The number of nitrogens with zero attached hydrogens (tertiary/aromatic N) is 2. The molecule has 3 aliphatic heterocycles. The molecule has 0 aliphatic carbocycles. The van der Waals surface area contributed by atoms with Gasteiger partial charge in [0.25, 0.3) is 5.91 Å². The minimum absolute atomic E-state index is 0.0541. The van der Waals surface area contributed by atoms with Crippen molar-refractivity contribution < 1.29 is 4.79 Å². The van der Waals surface area contributed by atoms with E-state index in [2.05, 4.69) is 22.1 Å². The monoisotopic (exact) mass is 393 g/mol. The standard InChI is InChI=1S/C18H20ClN3OS2/c1-11-16(12-6-8-22(11)9-7-12)21-17(23)18-20-10-15(25-18)24-14-5-3-2-4-13(14)19/h2-5,10-12,16H,6-9H2,1H3,(H,21,23)/t11-,16-/m0/s1. The third-order valence-electron chi connectivity index (χ3n) is 5.20. The second kappa shape index (κ2) is 7.27. The summed E-state index contributed by atoms with van der Waals surface area (Å²) < 4.78 is 0.972. The number of halogens is 1. The molecule has 1 amide bonds. The lowest BCUT2D eigenvalue weighted by Crippen LogP contribution is -2.62. The molecule has 0 spiro atoms. The maximum absolute atomic E-state index is 12.7. The summed E-state index contributed by atoms with van der Waals surface area (Å²) in [6.45, 7) is 4.54. The van der Waals surface area contributed by atoms with E-state index in [0.717, 1.165) is 22.2 Å². The number of benzene rings is 1. The van der Waals surface area contributed by atoms with Crippen molar-refractivity contribution in [3.05, 3.63) is 40.5 Å². The Balaban J connectivity index is 1.43. The smallest absolute Gasteiger partial charge is 0.280 e. The number of nitrogens with one attached hydrogen (secondary N) is 1. The van der Waals surface area contributed by atoms with E-state index in [1.807, 2.05) is 24.3 Å². The molecule has 0 radical (unpaired) electrons. The van der Waals surface area contributed by atoms with Gasteiger partial charge in [-0.15, -0.1) is 11.3 Å². The van der Waals surface area contributed by atoms with Gasteiger partial charge >= 0.3 is 0 Å². The summed E-state index contributed by atoms with van der Waals surface area (Å²) in [5.74, 6) is 0.544. The molecule has 1 N–H and O–H groups in total. The molecular formula is C18H20ClN3OS2. The summed E-state index contributed by atoms with van der Waals surface area (Å²) >= 11 is 9.17. The van der Waals surface area contributed by atoms with Crippen molar-refractivity contribution in [3.8, 4) is 0 Å². The van der Waals surface area contributed by atoms with Crippen molar-refractivity contribution in [2.45, 2.75) is 41.0 Å². The zero-order valence-electron chi connectivity index (χ0n) is 13.9. The lowest BCUT2D eigenvalue weighted by molar-refractivity contribution is 0.0217. The molecule has 1 aromatic carbocycles. The topological polar surface area (TPSA) is 45.2 Å². The van der Waals surface area contributed by atoms with E-state index < -0.39 is 0 Å². The first-order valence-electron chi connectivity index (χ1n) is 8.55. The van der Waals surface area contributed by atoms with Crippen LogP contribution in [0.5, 0.6) is 0 Å². The molecule has 3 saturated heterocycles. The molecule has 3 fully saturated rings. The minimum atomic E-state index is -0.0541. The van der Waals surface area contributed by atoms with Crippen molar-refractivity contribution in [1.29, 1.82) is 0 Å². The number of carbonyl (C=O) groups excluding carboxylic acids is 1. The van der Waals surface area contributed by atoms with Crippen LogP contribution in [0.3, 0.4) is 0 Å². The van der Waals surface area contributed by atoms with Crippen molar-refractivity contribution in [1.82, 2.24) is 15.2 Å². The summed E-state index contributed by atoms with van der Waals surface area (Å²) in [4.78, 5) is 20.4. The van der Waals surface area contributed by atoms with Gasteiger partial charge in [-0.25, -0.2) is 4.98 Å². The van der Waals surface area contributed by atoms with Gasteiger partial charge in [0.15, 0.2) is 5.01 Å². The first kappa shape index (κ1) is 17.3. The SMILES string of the molecule is C[C@H]1[C@H](NC(=O)c2ncc(Sc3ccccc3Cl)s2)C2CCN1CC2. The number of thiazole rings is 1. The molecule has 4 nitrogen and oxygen atoms in total. The fourth-order valence-corrected chi connectivity index (χ4v) is 5.92. The molecule has 0 unspecified atom stereocenters. The van der Waals surface area contributed by atoms with Crippen molar-refractivity contribution in [2.24, 2.45) is 5.92 Å². The molecule has 1 aromatic heterocycles. The molecule has 3 aliphatic rings. The van der Waals surface area contributed by atoms with Crippen molar-refractivity contribution in [3.63, 3.8) is 0 Å². The predicted octanol–water partition coefficient (Wildman–Crippen LogP) is 4.16. The second-order valence-electron chi connectivity index (χ2n) is 6.63. The van der Waals surface area contributed by atoms with E-state index in [-0.39, 0.29) is 11.9 Å². The Labute approximate surface area is 161 Å². The number of hydrogen-bond donors (Lipinski definition) is 1. The Bertz CT molecular complexity index is 771. The summed E-state index contributed by atoms with van der Waals surface area (Å²) in [5.41, 5.74) is 0. The lowest BCUT2D eigenvalue weighted by Gasteiger charge is -2.49. The summed E-state index contributed by atoms with van der Waals surface area (Å²) in [5, 5.41) is 4.48. The van der Waals surface area contributed by atoms with Gasteiger partial charge in [0, 0.05) is 17.0 Å².